The molecular weight excluding hydrogens is 224 g/mol. The third-order valence-corrected chi connectivity index (χ3v) is 2.58. The molecule has 5 heteroatoms. The molecule has 1 atom stereocenters. The van der Waals surface area contributed by atoms with Gasteiger partial charge >= 0.3 is 0 Å². The molecule has 4 nitrogen and oxygen atoms in total. The van der Waals surface area contributed by atoms with E-state index in [0.717, 1.165) is 5.56 Å². The van der Waals surface area contributed by atoms with E-state index in [1.807, 2.05) is 0 Å². The highest BCUT2D eigenvalue weighted by molar-refractivity contribution is 7.80. The lowest BCUT2D eigenvalue weighted by Gasteiger charge is -2.10. The Kier molecular flexibility index (Phi) is 4.39. The molecule has 16 heavy (non-hydrogen) atoms. The predicted octanol–water partition coefficient (Wildman–Crippen LogP) is 1.04. The van der Waals surface area contributed by atoms with Crippen LogP contribution >= 0.6 is 12.2 Å². The largest absolute Gasteiger partial charge is 0.393 e. The van der Waals surface area contributed by atoms with Gasteiger partial charge in [0.1, 0.15) is 0 Å². The summed E-state index contributed by atoms with van der Waals surface area (Å²) in [5.41, 5.74) is 6.82. The third-order valence-electron chi connectivity index (χ3n) is 2.22. The Morgan fingerprint density at radius 2 is 2.06 bits per heavy atom. The SMILES string of the molecule is CC(C(=O)Nc1ccc(CO)cc1)C(N)=S. The normalized spacial score (nSPS) is 11.9. The lowest BCUT2D eigenvalue weighted by atomic mass is 10.1. The van der Waals surface area contributed by atoms with Crippen LogP contribution in [0.2, 0.25) is 0 Å². The van der Waals surface area contributed by atoms with Crippen molar-refractivity contribution in [3.63, 3.8) is 0 Å². The molecule has 1 unspecified atom stereocenters. The van der Waals surface area contributed by atoms with Crippen molar-refractivity contribution in [2.75, 3.05) is 5.32 Å². The summed E-state index contributed by atoms with van der Waals surface area (Å²) in [4.78, 5) is 11.8. The molecule has 1 rings (SSSR count). The number of benzene rings is 1. The molecule has 0 bridgehead atoms. The number of nitrogens with one attached hydrogen (secondary N) is 1. The minimum Gasteiger partial charge on any atom is -0.393 e. The van der Waals surface area contributed by atoms with Gasteiger partial charge in [0.25, 0.3) is 0 Å². The minimum absolute atomic E-state index is 0.0164. The monoisotopic (exact) mass is 238 g/mol. The lowest BCUT2D eigenvalue weighted by molar-refractivity contribution is -0.117. The maximum Gasteiger partial charge on any atom is 0.234 e. The highest BCUT2D eigenvalue weighted by Gasteiger charge is 2.15. The number of carbonyl (C=O) groups excluding carboxylic acids is 1. The maximum atomic E-state index is 11.6. The van der Waals surface area contributed by atoms with Gasteiger partial charge < -0.3 is 16.2 Å². The second-order valence-corrected chi connectivity index (χ2v) is 3.94. The van der Waals surface area contributed by atoms with Crippen molar-refractivity contribution >= 4 is 28.8 Å². The van der Waals surface area contributed by atoms with Crippen molar-refractivity contribution in [2.45, 2.75) is 13.5 Å². The molecule has 4 N–H and O–H groups in total. The van der Waals surface area contributed by atoms with Crippen LogP contribution in [0.1, 0.15) is 12.5 Å². The van der Waals surface area contributed by atoms with Crippen molar-refractivity contribution < 1.29 is 9.90 Å². The van der Waals surface area contributed by atoms with Gasteiger partial charge in [-0.3, -0.25) is 4.79 Å². The summed E-state index contributed by atoms with van der Waals surface area (Å²) < 4.78 is 0. The summed E-state index contributed by atoms with van der Waals surface area (Å²) >= 11 is 4.73. The van der Waals surface area contributed by atoms with Crippen molar-refractivity contribution in [1.29, 1.82) is 0 Å². The van der Waals surface area contributed by atoms with Crippen LogP contribution < -0.4 is 11.1 Å². The molecule has 0 aliphatic rings. The molecule has 0 aliphatic heterocycles. The molecule has 0 saturated heterocycles. The van der Waals surface area contributed by atoms with Gasteiger partial charge in [0, 0.05) is 5.69 Å². The first kappa shape index (κ1) is 12.6. The van der Waals surface area contributed by atoms with E-state index >= 15 is 0 Å². The smallest absolute Gasteiger partial charge is 0.234 e. The number of hydrogen-bond acceptors (Lipinski definition) is 3. The summed E-state index contributed by atoms with van der Waals surface area (Å²) in [6.07, 6.45) is 0. The number of aliphatic hydroxyl groups excluding tert-OH is 1. The quantitative estimate of drug-likeness (QED) is 0.685. The zero-order valence-corrected chi connectivity index (χ0v) is 9.75. The second-order valence-electron chi connectivity index (χ2n) is 3.47. The zero-order valence-electron chi connectivity index (χ0n) is 8.93. The Balaban J connectivity index is 2.66. The van der Waals surface area contributed by atoms with E-state index in [-0.39, 0.29) is 17.5 Å². The number of anilines is 1. The average Bonchev–Trinajstić information content (AvgIpc) is 2.28. The molecule has 1 aromatic rings. The molecule has 0 heterocycles. The van der Waals surface area contributed by atoms with Crippen molar-refractivity contribution in [3.05, 3.63) is 29.8 Å². The molecule has 1 aromatic carbocycles. The van der Waals surface area contributed by atoms with Crippen LogP contribution in [0.15, 0.2) is 24.3 Å². The molecule has 0 radical (unpaired) electrons. The van der Waals surface area contributed by atoms with Crippen molar-refractivity contribution in [3.8, 4) is 0 Å². The summed E-state index contributed by atoms with van der Waals surface area (Å²) in [5, 5.41) is 11.5. The molecule has 0 spiro atoms. The van der Waals surface area contributed by atoms with Gasteiger partial charge in [-0.15, -0.1) is 0 Å². The summed E-state index contributed by atoms with van der Waals surface area (Å²) in [6, 6.07) is 6.91. The van der Waals surface area contributed by atoms with E-state index < -0.39 is 5.92 Å². The average molecular weight is 238 g/mol. The first-order chi connectivity index (χ1) is 7.54. The van der Waals surface area contributed by atoms with E-state index in [2.05, 4.69) is 5.32 Å². The van der Waals surface area contributed by atoms with Crippen LogP contribution in [0.3, 0.4) is 0 Å². The lowest BCUT2D eigenvalue weighted by Crippen LogP contribution is -2.30. The van der Waals surface area contributed by atoms with Gasteiger partial charge in [-0.2, -0.15) is 0 Å². The Morgan fingerprint density at radius 3 is 2.50 bits per heavy atom. The van der Waals surface area contributed by atoms with Crippen LogP contribution in [-0.4, -0.2) is 16.0 Å². The fraction of sp³-hybridized carbons (Fsp3) is 0.273. The highest BCUT2D eigenvalue weighted by atomic mass is 32.1. The van der Waals surface area contributed by atoms with Crippen LogP contribution in [-0.2, 0) is 11.4 Å². The highest BCUT2D eigenvalue weighted by Crippen LogP contribution is 2.11. The van der Waals surface area contributed by atoms with Crippen molar-refractivity contribution in [2.24, 2.45) is 11.7 Å². The third kappa shape index (κ3) is 3.29. The van der Waals surface area contributed by atoms with Crippen LogP contribution in [0.4, 0.5) is 5.69 Å². The van der Waals surface area contributed by atoms with Gasteiger partial charge in [-0.05, 0) is 24.6 Å². The first-order valence-electron chi connectivity index (χ1n) is 4.84. The number of hydrogen-bond donors (Lipinski definition) is 3. The molecule has 0 aliphatic carbocycles. The number of aliphatic hydroxyl groups is 1. The van der Waals surface area contributed by atoms with E-state index in [9.17, 15) is 4.79 Å². The zero-order chi connectivity index (χ0) is 12.1. The molecule has 0 saturated carbocycles. The van der Waals surface area contributed by atoms with Gasteiger partial charge in [-0.25, -0.2) is 0 Å². The van der Waals surface area contributed by atoms with E-state index in [4.69, 9.17) is 23.1 Å². The van der Waals surface area contributed by atoms with Crippen LogP contribution in [0.5, 0.6) is 0 Å². The van der Waals surface area contributed by atoms with Crippen molar-refractivity contribution in [1.82, 2.24) is 0 Å². The standard InChI is InChI=1S/C11H14N2O2S/c1-7(10(12)16)11(15)13-9-4-2-8(6-14)3-5-9/h2-5,7,14H,6H2,1H3,(H2,12,16)(H,13,15). The van der Waals surface area contributed by atoms with Gasteiger partial charge in [0.15, 0.2) is 0 Å². The Labute approximate surface area is 99.5 Å². The fourth-order valence-electron chi connectivity index (χ4n) is 1.07. The van der Waals surface area contributed by atoms with Crippen LogP contribution in [0.25, 0.3) is 0 Å². The second kappa shape index (κ2) is 5.58. The van der Waals surface area contributed by atoms with Gasteiger partial charge in [-0.1, -0.05) is 24.4 Å². The molecule has 1 amide bonds. The maximum absolute atomic E-state index is 11.6. The Bertz CT molecular complexity index is 389. The van der Waals surface area contributed by atoms with Gasteiger partial charge in [0.2, 0.25) is 5.91 Å². The topological polar surface area (TPSA) is 75.3 Å². The number of thiocarbonyl (C=S) groups is 1. The minimum atomic E-state index is -0.493. The number of nitrogens with two attached hydrogens (primary N) is 1. The number of carbonyl (C=O) groups is 1. The fourth-order valence-corrected chi connectivity index (χ4v) is 1.18. The molecule has 0 fully saturated rings. The summed E-state index contributed by atoms with van der Waals surface area (Å²) in [7, 11) is 0. The Morgan fingerprint density at radius 1 is 1.50 bits per heavy atom. The van der Waals surface area contributed by atoms with E-state index in [0.29, 0.717) is 5.69 Å². The van der Waals surface area contributed by atoms with E-state index in [1.165, 1.54) is 0 Å². The molecular formula is C11H14N2O2S. The van der Waals surface area contributed by atoms with Crippen LogP contribution in [0, 0.1) is 5.92 Å². The summed E-state index contributed by atoms with van der Waals surface area (Å²) in [5.74, 6) is -0.725. The molecule has 0 aromatic heterocycles. The Hall–Kier alpha value is -1.46. The predicted molar refractivity (Wildman–Crippen MR) is 66.9 cm³/mol. The van der Waals surface area contributed by atoms with Gasteiger partial charge in [0.05, 0.1) is 17.5 Å². The number of rotatable bonds is 4. The number of amides is 1. The summed E-state index contributed by atoms with van der Waals surface area (Å²) in [6.45, 7) is 1.64. The first-order valence-corrected chi connectivity index (χ1v) is 5.25. The van der Waals surface area contributed by atoms with E-state index in [1.54, 1.807) is 31.2 Å². The molecule has 86 valence electrons.